The van der Waals surface area contributed by atoms with E-state index in [2.05, 4.69) is 76.8 Å². The molecular weight excluding hydrogens is 478 g/mol. The molecule has 8 nitrogen and oxygen atoms in total. The minimum atomic E-state index is -1.04. The molecule has 2 aliphatic rings. The Labute approximate surface area is 220 Å². The Morgan fingerprint density at radius 1 is 1.05 bits per heavy atom. The van der Waals surface area contributed by atoms with E-state index in [4.69, 9.17) is 4.98 Å². The Balaban J connectivity index is 1.20. The summed E-state index contributed by atoms with van der Waals surface area (Å²) < 4.78 is 0. The van der Waals surface area contributed by atoms with Gasteiger partial charge >= 0.3 is 5.97 Å². The van der Waals surface area contributed by atoms with Crippen LogP contribution in [-0.2, 0) is 10.2 Å². The summed E-state index contributed by atoms with van der Waals surface area (Å²) in [5, 5.41) is 16.9. The Morgan fingerprint density at radius 2 is 1.79 bits per heavy atom. The van der Waals surface area contributed by atoms with Crippen molar-refractivity contribution in [3.05, 3.63) is 82.7 Å². The van der Waals surface area contributed by atoms with E-state index in [1.54, 1.807) is 6.07 Å². The molecule has 0 bridgehead atoms. The number of fused-ring (bicyclic) bond motifs is 3. The third-order valence-electron chi connectivity index (χ3n) is 7.82. The van der Waals surface area contributed by atoms with Crippen LogP contribution >= 0.6 is 0 Å². The van der Waals surface area contributed by atoms with E-state index in [-0.39, 0.29) is 11.5 Å². The van der Waals surface area contributed by atoms with Crippen molar-refractivity contribution in [2.24, 2.45) is 0 Å². The second-order valence-corrected chi connectivity index (χ2v) is 10.4. The van der Waals surface area contributed by atoms with Gasteiger partial charge < -0.3 is 20.6 Å². The van der Waals surface area contributed by atoms with Crippen molar-refractivity contribution >= 4 is 45.7 Å². The maximum absolute atomic E-state index is 13.0. The van der Waals surface area contributed by atoms with Crippen LogP contribution in [-0.4, -0.2) is 40.0 Å². The van der Waals surface area contributed by atoms with E-state index in [1.807, 2.05) is 6.92 Å². The van der Waals surface area contributed by atoms with Crippen LogP contribution in [0.4, 0.5) is 22.9 Å². The fourth-order valence-corrected chi connectivity index (χ4v) is 5.86. The molecule has 192 valence electrons. The number of anilines is 4. The van der Waals surface area contributed by atoms with Crippen LogP contribution in [0.15, 0.2) is 54.7 Å². The van der Waals surface area contributed by atoms with Crippen molar-refractivity contribution in [1.29, 1.82) is 0 Å². The van der Waals surface area contributed by atoms with Crippen LogP contribution in [0.2, 0.25) is 0 Å². The SMILES string of the molecule is Cc1cc(C)c2nc(C)cc(Nc3ccc(N4CCC5(CC4)C(=O)Nc4ncc(C(=O)O)cc45)cc3)c2c1. The number of pyridine rings is 2. The van der Waals surface area contributed by atoms with Crippen LogP contribution in [0.3, 0.4) is 0 Å². The van der Waals surface area contributed by atoms with Gasteiger partial charge in [0.05, 0.1) is 16.5 Å². The van der Waals surface area contributed by atoms with Gasteiger partial charge in [-0.3, -0.25) is 9.78 Å². The molecular formula is C30H29N5O3. The van der Waals surface area contributed by atoms with Crippen molar-refractivity contribution in [2.75, 3.05) is 28.6 Å². The highest BCUT2D eigenvalue weighted by Gasteiger charge is 2.49. The van der Waals surface area contributed by atoms with Crippen LogP contribution < -0.4 is 15.5 Å². The monoisotopic (exact) mass is 507 g/mol. The number of piperidine rings is 1. The first-order chi connectivity index (χ1) is 18.2. The van der Waals surface area contributed by atoms with E-state index < -0.39 is 11.4 Å². The molecule has 38 heavy (non-hydrogen) atoms. The Kier molecular flexibility index (Phi) is 5.56. The number of hydrogen-bond acceptors (Lipinski definition) is 6. The second kappa shape index (κ2) is 8.83. The normalized spacial score (nSPS) is 16.0. The van der Waals surface area contributed by atoms with E-state index in [0.717, 1.165) is 33.7 Å². The molecule has 0 saturated carbocycles. The van der Waals surface area contributed by atoms with Gasteiger partial charge in [0.1, 0.15) is 5.82 Å². The van der Waals surface area contributed by atoms with Gasteiger partial charge in [-0.1, -0.05) is 11.6 Å². The maximum Gasteiger partial charge on any atom is 0.337 e. The summed E-state index contributed by atoms with van der Waals surface area (Å²) in [4.78, 5) is 35.7. The molecule has 8 heteroatoms. The van der Waals surface area contributed by atoms with E-state index in [0.29, 0.717) is 37.3 Å². The quantitative estimate of drug-likeness (QED) is 0.335. The largest absolute Gasteiger partial charge is 0.478 e. The molecule has 1 amide bonds. The van der Waals surface area contributed by atoms with Crippen molar-refractivity contribution < 1.29 is 14.7 Å². The minimum absolute atomic E-state index is 0.0907. The summed E-state index contributed by atoms with van der Waals surface area (Å²) in [6.07, 6.45) is 2.48. The topological polar surface area (TPSA) is 107 Å². The molecule has 3 N–H and O–H groups in total. The number of amides is 1. The van der Waals surface area contributed by atoms with E-state index in [1.165, 1.54) is 17.3 Å². The van der Waals surface area contributed by atoms with Gasteiger partial charge in [-0.15, -0.1) is 0 Å². The molecule has 1 spiro atoms. The molecule has 4 heterocycles. The van der Waals surface area contributed by atoms with Crippen LogP contribution in [0.1, 0.15) is 45.6 Å². The lowest BCUT2D eigenvalue weighted by molar-refractivity contribution is -0.121. The molecule has 4 aromatic rings. The summed E-state index contributed by atoms with van der Waals surface area (Å²) in [5.74, 6) is -0.652. The van der Waals surface area contributed by atoms with Crippen molar-refractivity contribution in [3.63, 3.8) is 0 Å². The van der Waals surface area contributed by atoms with Crippen molar-refractivity contribution in [1.82, 2.24) is 9.97 Å². The molecule has 6 rings (SSSR count). The third kappa shape index (κ3) is 3.93. The lowest BCUT2D eigenvalue weighted by atomic mass is 9.74. The number of nitrogens with zero attached hydrogens (tertiary/aromatic N) is 3. The van der Waals surface area contributed by atoms with Gasteiger partial charge in [-0.2, -0.15) is 0 Å². The summed E-state index contributed by atoms with van der Waals surface area (Å²) in [6.45, 7) is 7.58. The Bertz CT molecular complexity index is 1610. The van der Waals surface area contributed by atoms with Gasteiger partial charge in [0.25, 0.3) is 0 Å². The minimum Gasteiger partial charge on any atom is -0.478 e. The number of nitrogens with one attached hydrogen (secondary N) is 2. The fraction of sp³-hybridized carbons (Fsp3) is 0.267. The highest BCUT2D eigenvalue weighted by Crippen LogP contribution is 2.45. The van der Waals surface area contributed by atoms with Gasteiger partial charge in [0.15, 0.2) is 0 Å². The molecule has 2 aromatic carbocycles. The number of aryl methyl sites for hydroxylation is 3. The predicted molar refractivity (Wildman–Crippen MR) is 149 cm³/mol. The average molecular weight is 508 g/mol. The maximum atomic E-state index is 13.0. The number of carbonyl (C=O) groups excluding carboxylic acids is 1. The van der Waals surface area contributed by atoms with Gasteiger partial charge in [0, 0.05) is 53.0 Å². The Hall–Kier alpha value is -4.46. The number of carboxylic acid groups (broad SMARTS) is 1. The zero-order valence-corrected chi connectivity index (χ0v) is 21.6. The molecule has 1 fully saturated rings. The third-order valence-corrected chi connectivity index (χ3v) is 7.82. The number of carboxylic acids is 1. The number of rotatable bonds is 4. The van der Waals surface area contributed by atoms with Crippen molar-refractivity contribution in [3.8, 4) is 0 Å². The lowest BCUT2D eigenvalue weighted by Crippen LogP contribution is -2.46. The number of hydrogen-bond donors (Lipinski definition) is 3. The number of aromatic nitrogens is 2. The first-order valence-electron chi connectivity index (χ1n) is 12.8. The smallest absolute Gasteiger partial charge is 0.337 e. The first-order valence-corrected chi connectivity index (χ1v) is 12.8. The second-order valence-electron chi connectivity index (χ2n) is 10.4. The van der Waals surface area contributed by atoms with Crippen LogP contribution in [0.25, 0.3) is 10.9 Å². The summed E-state index contributed by atoms with van der Waals surface area (Å²) >= 11 is 0. The van der Waals surface area contributed by atoms with Crippen LogP contribution in [0.5, 0.6) is 0 Å². The molecule has 0 unspecified atom stereocenters. The standard InChI is InChI=1S/C30H29N5O3/c1-17-12-18(2)26-23(13-17)25(14-19(3)32-26)33-21-4-6-22(7-5-21)35-10-8-30(9-11-35)24-15-20(28(36)37)16-31-27(24)34-29(30)38/h4-7,12-16H,8-11H2,1-3H3,(H,32,33)(H,36,37)(H,31,34,38). The molecule has 0 aliphatic carbocycles. The summed E-state index contributed by atoms with van der Waals surface area (Å²) in [5.41, 5.74) is 7.53. The summed E-state index contributed by atoms with van der Waals surface area (Å²) in [7, 11) is 0. The molecule has 2 aliphatic heterocycles. The lowest BCUT2D eigenvalue weighted by Gasteiger charge is -2.39. The van der Waals surface area contributed by atoms with Gasteiger partial charge in [0.2, 0.25) is 5.91 Å². The fourth-order valence-electron chi connectivity index (χ4n) is 5.86. The zero-order valence-electron chi connectivity index (χ0n) is 21.6. The van der Waals surface area contributed by atoms with Crippen LogP contribution in [0, 0.1) is 20.8 Å². The van der Waals surface area contributed by atoms with E-state index >= 15 is 0 Å². The number of benzene rings is 2. The zero-order chi connectivity index (χ0) is 26.6. The van der Waals surface area contributed by atoms with Crippen molar-refractivity contribution in [2.45, 2.75) is 39.0 Å². The highest BCUT2D eigenvalue weighted by atomic mass is 16.4. The molecule has 0 atom stereocenters. The predicted octanol–water partition coefficient (Wildman–Crippen LogP) is 5.49. The molecule has 1 saturated heterocycles. The summed E-state index contributed by atoms with van der Waals surface area (Å²) in [6, 6.07) is 16.3. The van der Waals surface area contributed by atoms with Gasteiger partial charge in [-0.05, 0) is 81.6 Å². The van der Waals surface area contributed by atoms with E-state index in [9.17, 15) is 14.7 Å². The number of carbonyl (C=O) groups is 2. The molecule has 0 radical (unpaired) electrons. The van der Waals surface area contributed by atoms with Gasteiger partial charge in [-0.25, -0.2) is 9.78 Å². The number of aromatic carboxylic acids is 1. The average Bonchev–Trinajstić information content (AvgIpc) is 3.16. The Morgan fingerprint density at radius 3 is 2.50 bits per heavy atom. The first kappa shape index (κ1) is 23.9. The highest BCUT2D eigenvalue weighted by molar-refractivity contribution is 6.06. The molecule has 2 aromatic heterocycles.